The quantitative estimate of drug-likeness (QED) is 0.592. The van der Waals surface area contributed by atoms with Crippen LogP contribution in [0.3, 0.4) is 0 Å². The van der Waals surface area contributed by atoms with Gasteiger partial charge in [-0.05, 0) is 24.1 Å². The van der Waals surface area contributed by atoms with Crippen molar-refractivity contribution in [1.29, 1.82) is 0 Å². The number of hydrogen-bond acceptors (Lipinski definition) is 6. The molecule has 0 spiro atoms. The molecule has 0 bridgehead atoms. The molecule has 1 unspecified atom stereocenters. The third kappa shape index (κ3) is 4.48. The second kappa shape index (κ2) is 8.73. The molecule has 1 aliphatic rings. The number of rotatable bonds is 7. The lowest BCUT2D eigenvalue weighted by molar-refractivity contribution is -0.119. The lowest BCUT2D eigenvalue weighted by Crippen LogP contribution is -2.33. The predicted molar refractivity (Wildman–Crippen MR) is 111 cm³/mol. The smallest absolute Gasteiger partial charge is 0.230 e. The Morgan fingerprint density at radius 2 is 2.14 bits per heavy atom. The van der Waals surface area contributed by atoms with Gasteiger partial charge in [-0.3, -0.25) is 9.36 Å². The number of amides is 1. The number of furan rings is 1. The third-order valence-electron chi connectivity index (χ3n) is 4.63. The number of aromatic nitrogens is 3. The highest BCUT2D eigenvalue weighted by Crippen LogP contribution is 2.32. The molecule has 4 rings (SSSR count). The average Bonchev–Trinajstić information content (AvgIpc) is 3.36. The Hall–Kier alpha value is -2.74. The lowest BCUT2D eigenvalue weighted by Gasteiger charge is -2.26. The Kier molecular flexibility index (Phi) is 5.89. The third-order valence-corrected chi connectivity index (χ3v) is 5.60. The van der Waals surface area contributed by atoms with Crippen LogP contribution in [0, 0.1) is 5.92 Å². The Balaban J connectivity index is 1.43. The van der Waals surface area contributed by atoms with Gasteiger partial charge in [0.1, 0.15) is 5.75 Å². The minimum Gasteiger partial charge on any atom is -0.493 e. The van der Waals surface area contributed by atoms with E-state index in [1.54, 1.807) is 6.26 Å². The zero-order valence-corrected chi connectivity index (χ0v) is 17.3. The number of hydrogen-bond donors (Lipinski definition) is 1. The van der Waals surface area contributed by atoms with Gasteiger partial charge in [-0.15, -0.1) is 10.2 Å². The van der Waals surface area contributed by atoms with Crippen LogP contribution in [0.5, 0.6) is 5.75 Å². The molecular weight excluding hydrogens is 388 g/mol. The van der Waals surface area contributed by atoms with Crippen molar-refractivity contribution < 1.29 is 13.9 Å². The number of nitrogens with one attached hydrogen (secondary N) is 1. The maximum absolute atomic E-state index is 12.6. The number of fused-ring (bicyclic) bond motifs is 1. The summed E-state index contributed by atoms with van der Waals surface area (Å²) < 4.78 is 13.2. The molecule has 2 aromatic heterocycles. The van der Waals surface area contributed by atoms with E-state index in [2.05, 4.69) is 29.4 Å². The molecule has 0 fully saturated rings. The van der Waals surface area contributed by atoms with Crippen molar-refractivity contribution >= 4 is 17.7 Å². The summed E-state index contributed by atoms with van der Waals surface area (Å²) in [6.45, 7) is 5.62. The summed E-state index contributed by atoms with van der Waals surface area (Å²) in [5.74, 6) is 2.85. The van der Waals surface area contributed by atoms with Crippen LogP contribution in [0.15, 0.2) is 52.2 Å². The molecule has 0 saturated carbocycles. The highest BCUT2D eigenvalue weighted by atomic mass is 32.2. The molecule has 152 valence electrons. The number of benzene rings is 1. The molecule has 0 saturated heterocycles. The van der Waals surface area contributed by atoms with Gasteiger partial charge >= 0.3 is 0 Å². The van der Waals surface area contributed by atoms with E-state index in [0.29, 0.717) is 29.3 Å². The summed E-state index contributed by atoms with van der Waals surface area (Å²) in [5.41, 5.74) is 1.03. The molecule has 1 N–H and O–H groups in total. The van der Waals surface area contributed by atoms with E-state index in [1.165, 1.54) is 11.8 Å². The van der Waals surface area contributed by atoms with Crippen molar-refractivity contribution in [3.63, 3.8) is 0 Å². The topological polar surface area (TPSA) is 82.2 Å². The molecule has 1 aliphatic heterocycles. The van der Waals surface area contributed by atoms with Gasteiger partial charge < -0.3 is 14.5 Å². The fraction of sp³-hybridized carbons (Fsp3) is 0.381. The van der Waals surface area contributed by atoms with Gasteiger partial charge in [0.2, 0.25) is 5.91 Å². The second-order valence-corrected chi connectivity index (χ2v) is 8.31. The van der Waals surface area contributed by atoms with Gasteiger partial charge in [0.15, 0.2) is 16.7 Å². The van der Waals surface area contributed by atoms with Crippen LogP contribution in [-0.4, -0.2) is 33.0 Å². The molecule has 1 atom stereocenters. The zero-order valence-electron chi connectivity index (χ0n) is 16.5. The first kappa shape index (κ1) is 19.6. The van der Waals surface area contributed by atoms with Gasteiger partial charge in [-0.1, -0.05) is 43.8 Å². The molecule has 8 heteroatoms. The molecule has 3 aromatic rings. The molecular formula is C21H24N4O3S. The normalized spacial score (nSPS) is 15.8. The van der Waals surface area contributed by atoms with E-state index in [-0.39, 0.29) is 17.7 Å². The van der Waals surface area contributed by atoms with Crippen molar-refractivity contribution in [3.8, 4) is 17.3 Å². The van der Waals surface area contributed by atoms with E-state index in [0.717, 1.165) is 24.3 Å². The van der Waals surface area contributed by atoms with Crippen LogP contribution in [-0.2, 0) is 11.3 Å². The van der Waals surface area contributed by atoms with E-state index in [9.17, 15) is 4.79 Å². The van der Waals surface area contributed by atoms with Crippen LogP contribution >= 0.6 is 11.8 Å². The molecule has 3 heterocycles. The number of ether oxygens (including phenoxy) is 1. The lowest BCUT2D eigenvalue weighted by atomic mass is 10.0. The Labute approximate surface area is 173 Å². The standard InChI is InChI=1S/C21H24N4O3S/c1-14(2)12-25-20(18-8-5-10-27-18)23-24-21(25)29-13-19(26)22-16-9-11-28-17-7-4-3-6-15(16)17/h3-8,10,14,16H,9,11-13H2,1-2H3,(H,22,26). The first-order chi connectivity index (χ1) is 14.1. The van der Waals surface area contributed by atoms with Gasteiger partial charge in [0, 0.05) is 18.5 Å². The maximum atomic E-state index is 12.6. The Morgan fingerprint density at radius 1 is 1.28 bits per heavy atom. The molecule has 0 aliphatic carbocycles. The summed E-state index contributed by atoms with van der Waals surface area (Å²) in [6.07, 6.45) is 2.38. The SMILES string of the molecule is CC(C)Cn1c(SCC(=O)NC2CCOc3ccccc32)nnc1-c1ccco1. The number of carbonyl (C=O) groups is 1. The van der Waals surface area contributed by atoms with Gasteiger partial charge in [-0.2, -0.15) is 0 Å². The van der Waals surface area contributed by atoms with Crippen molar-refractivity contribution in [2.75, 3.05) is 12.4 Å². The molecule has 0 radical (unpaired) electrons. The van der Waals surface area contributed by atoms with Crippen LogP contribution in [0.25, 0.3) is 11.6 Å². The van der Waals surface area contributed by atoms with E-state index >= 15 is 0 Å². The predicted octanol–water partition coefficient (Wildman–Crippen LogP) is 3.93. The minimum absolute atomic E-state index is 0.0275. The second-order valence-electron chi connectivity index (χ2n) is 7.37. The average molecular weight is 413 g/mol. The van der Waals surface area contributed by atoms with Crippen molar-refractivity contribution in [3.05, 3.63) is 48.2 Å². The Morgan fingerprint density at radius 3 is 2.93 bits per heavy atom. The van der Waals surface area contributed by atoms with Crippen molar-refractivity contribution in [1.82, 2.24) is 20.1 Å². The maximum Gasteiger partial charge on any atom is 0.230 e. The van der Waals surface area contributed by atoms with Crippen LogP contribution < -0.4 is 10.1 Å². The first-order valence-corrected chi connectivity index (χ1v) is 10.7. The number of nitrogens with zero attached hydrogens (tertiary/aromatic N) is 3. The summed E-state index contributed by atoms with van der Waals surface area (Å²) in [7, 11) is 0. The van der Waals surface area contributed by atoms with E-state index in [1.807, 2.05) is 41.0 Å². The van der Waals surface area contributed by atoms with Gasteiger partial charge in [0.05, 0.1) is 24.7 Å². The fourth-order valence-corrected chi connectivity index (χ4v) is 4.13. The molecule has 7 nitrogen and oxygen atoms in total. The Bertz CT molecular complexity index is 968. The highest BCUT2D eigenvalue weighted by Gasteiger charge is 2.23. The van der Waals surface area contributed by atoms with Gasteiger partial charge in [0.25, 0.3) is 0 Å². The zero-order chi connectivity index (χ0) is 20.2. The fourth-order valence-electron chi connectivity index (χ4n) is 3.37. The van der Waals surface area contributed by atoms with Crippen molar-refractivity contribution in [2.45, 2.75) is 38.0 Å². The number of para-hydroxylation sites is 1. The summed E-state index contributed by atoms with van der Waals surface area (Å²) in [6, 6.07) is 11.5. The monoisotopic (exact) mass is 412 g/mol. The largest absolute Gasteiger partial charge is 0.493 e. The van der Waals surface area contributed by atoms with E-state index in [4.69, 9.17) is 9.15 Å². The molecule has 29 heavy (non-hydrogen) atoms. The highest BCUT2D eigenvalue weighted by molar-refractivity contribution is 7.99. The van der Waals surface area contributed by atoms with E-state index < -0.39 is 0 Å². The summed E-state index contributed by atoms with van der Waals surface area (Å²) in [4.78, 5) is 12.6. The summed E-state index contributed by atoms with van der Waals surface area (Å²) >= 11 is 1.39. The first-order valence-electron chi connectivity index (χ1n) is 9.72. The van der Waals surface area contributed by atoms with Crippen LogP contribution in [0.2, 0.25) is 0 Å². The molecule has 1 amide bonds. The van der Waals surface area contributed by atoms with Crippen molar-refractivity contribution in [2.24, 2.45) is 5.92 Å². The minimum atomic E-state index is -0.0321. The number of carbonyl (C=O) groups excluding carboxylic acids is 1. The number of thioether (sulfide) groups is 1. The van der Waals surface area contributed by atoms with Gasteiger partial charge in [-0.25, -0.2) is 0 Å². The summed E-state index contributed by atoms with van der Waals surface area (Å²) in [5, 5.41) is 12.4. The van der Waals surface area contributed by atoms with Crippen LogP contribution in [0.1, 0.15) is 31.9 Å². The molecule has 1 aromatic carbocycles. The van der Waals surface area contributed by atoms with Crippen LogP contribution in [0.4, 0.5) is 0 Å².